The monoisotopic (exact) mass is 229 g/mol. The van der Waals surface area contributed by atoms with Gasteiger partial charge in [-0.25, -0.2) is 0 Å². The van der Waals surface area contributed by atoms with Gasteiger partial charge in [-0.05, 0) is 51.1 Å². The molecule has 1 heterocycles. The fraction of sp³-hybridized carbons (Fsp3) is 0.500. The van der Waals surface area contributed by atoms with Crippen LogP contribution < -0.4 is 5.32 Å². The van der Waals surface area contributed by atoms with Crippen LogP contribution >= 0.6 is 0 Å². The predicted octanol–water partition coefficient (Wildman–Crippen LogP) is 2.45. The van der Waals surface area contributed by atoms with E-state index < -0.39 is 0 Å². The quantitative estimate of drug-likeness (QED) is 0.846. The molecule has 3 heteroatoms. The summed E-state index contributed by atoms with van der Waals surface area (Å²) in [6.07, 6.45) is 2.31. The van der Waals surface area contributed by atoms with Crippen molar-refractivity contribution < 1.29 is 0 Å². The van der Waals surface area contributed by atoms with Crippen LogP contribution in [0, 0.1) is 11.3 Å². The van der Waals surface area contributed by atoms with Gasteiger partial charge >= 0.3 is 0 Å². The maximum atomic E-state index is 8.75. The Kier molecular flexibility index (Phi) is 3.35. The standard InChI is InChI=1S/C14H19N3/c1-14(7-9-17(2)10-8-14)16-13-5-3-12(11-15)4-6-13/h3-6,16H,7-10H2,1-2H3. The summed E-state index contributed by atoms with van der Waals surface area (Å²) in [5.41, 5.74) is 2.00. The highest BCUT2D eigenvalue weighted by atomic mass is 15.1. The summed E-state index contributed by atoms with van der Waals surface area (Å²) in [6.45, 7) is 4.55. The van der Waals surface area contributed by atoms with Gasteiger partial charge in [0.05, 0.1) is 11.6 Å². The second-order valence-corrected chi connectivity index (χ2v) is 5.18. The van der Waals surface area contributed by atoms with Crippen molar-refractivity contribution in [2.45, 2.75) is 25.3 Å². The van der Waals surface area contributed by atoms with Crippen LogP contribution in [0.4, 0.5) is 5.69 Å². The maximum Gasteiger partial charge on any atom is 0.0991 e. The molecule has 0 saturated carbocycles. The van der Waals surface area contributed by atoms with Crippen molar-refractivity contribution in [2.75, 3.05) is 25.5 Å². The average molecular weight is 229 g/mol. The molecule has 0 spiro atoms. The third-order valence-corrected chi connectivity index (χ3v) is 3.55. The number of piperidine rings is 1. The Balaban J connectivity index is 2.02. The van der Waals surface area contributed by atoms with Crippen LogP contribution in [-0.2, 0) is 0 Å². The number of hydrogen-bond acceptors (Lipinski definition) is 3. The molecule has 90 valence electrons. The molecule has 1 aliphatic heterocycles. The van der Waals surface area contributed by atoms with E-state index in [9.17, 15) is 0 Å². The van der Waals surface area contributed by atoms with Crippen molar-refractivity contribution in [3.8, 4) is 6.07 Å². The van der Waals surface area contributed by atoms with E-state index in [1.807, 2.05) is 24.3 Å². The highest BCUT2D eigenvalue weighted by Crippen LogP contribution is 2.26. The van der Waals surface area contributed by atoms with Crippen molar-refractivity contribution >= 4 is 5.69 Å². The first kappa shape index (κ1) is 11.9. The molecule has 0 atom stereocenters. The van der Waals surface area contributed by atoms with E-state index in [4.69, 9.17) is 5.26 Å². The largest absolute Gasteiger partial charge is 0.380 e. The number of nitrogens with zero attached hydrogens (tertiary/aromatic N) is 2. The van der Waals surface area contributed by atoms with Gasteiger partial charge in [-0.1, -0.05) is 0 Å². The van der Waals surface area contributed by atoms with Crippen LogP contribution in [-0.4, -0.2) is 30.6 Å². The molecule has 0 radical (unpaired) electrons. The van der Waals surface area contributed by atoms with E-state index in [1.165, 1.54) is 0 Å². The normalized spacial score (nSPS) is 19.6. The minimum atomic E-state index is 0.181. The highest BCUT2D eigenvalue weighted by molar-refractivity contribution is 5.49. The lowest BCUT2D eigenvalue weighted by atomic mass is 9.89. The molecular weight excluding hydrogens is 210 g/mol. The Bertz CT molecular complexity index is 408. The Morgan fingerprint density at radius 2 is 1.82 bits per heavy atom. The van der Waals surface area contributed by atoms with Gasteiger partial charge in [0.2, 0.25) is 0 Å². The van der Waals surface area contributed by atoms with Crippen molar-refractivity contribution in [1.82, 2.24) is 4.90 Å². The molecule has 1 aliphatic rings. The highest BCUT2D eigenvalue weighted by Gasteiger charge is 2.28. The van der Waals surface area contributed by atoms with Gasteiger partial charge in [-0.3, -0.25) is 0 Å². The molecule has 0 aliphatic carbocycles. The summed E-state index contributed by atoms with van der Waals surface area (Å²) in [5, 5.41) is 12.3. The van der Waals surface area contributed by atoms with Gasteiger partial charge in [-0.15, -0.1) is 0 Å². The van der Waals surface area contributed by atoms with E-state index in [0.717, 1.165) is 31.6 Å². The molecule has 2 rings (SSSR count). The number of hydrogen-bond donors (Lipinski definition) is 1. The fourth-order valence-electron chi connectivity index (χ4n) is 2.21. The molecule has 1 saturated heterocycles. The summed E-state index contributed by atoms with van der Waals surface area (Å²) < 4.78 is 0. The zero-order valence-corrected chi connectivity index (χ0v) is 10.5. The lowest BCUT2D eigenvalue weighted by molar-refractivity contribution is 0.216. The average Bonchev–Trinajstić information content (AvgIpc) is 2.34. The molecule has 0 unspecified atom stereocenters. The molecule has 17 heavy (non-hydrogen) atoms. The lowest BCUT2D eigenvalue weighted by Gasteiger charge is -2.39. The first-order chi connectivity index (χ1) is 8.11. The lowest BCUT2D eigenvalue weighted by Crippen LogP contribution is -2.45. The Labute approximate surface area is 103 Å². The van der Waals surface area contributed by atoms with Crippen molar-refractivity contribution in [2.24, 2.45) is 0 Å². The number of likely N-dealkylation sites (tertiary alicyclic amines) is 1. The van der Waals surface area contributed by atoms with Crippen LogP contribution in [0.15, 0.2) is 24.3 Å². The third-order valence-electron chi connectivity index (χ3n) is 3.55. The fourth-order valence-corrected chi connectivity index (χ4v) is 2.21. The van der Waals surface area contributed by atoms with Gasteiger partial charge in [0, 0.05) is 24.3 Å². The van der Waals surface area contributed by atoms with Crippen LogP contribution in [0.1, 0.15) is 25.3 Å². The first-order valence-corrected chi connectivity index (χ1v) is 6.08. The summed E-state index contributed by atoms with van der Waals surface area (Å²) in [7, 11) is 2.17. The van der Waals surface area contributed by atoms with Crippen LogP contribution in [0.25, 0.3) is 0 Å². The molecule has 1 aromatic rings. The molecule has 0 aromatic heterocycles. The zero-order valence-electron chi connectivity index (χ0n) is 10.5. The van der Waals surface area contributed by atoms with E-state index >= 15 is 0 Å². The van der Waals surface area contributed by atoms with Crippen molar-refractivity contribution in [1.29, 1.82) is 5.26 Å². The minimum Gasteiger partial charge on any atom is -0.380 e. The second kappa shape index (κ2) is 4.77. The van der Waals surface area contributed by atoms with E-state index in [2.05, 4.69) is 30.3 Å². The van der Waals surface area contributed by atoms with Crippen molar-refractivity contribution in [3.63, 3.8) is 0 Å². The van der Waals surface area contributed by atoms with Crippen LogP contribution in [0.3, 0.4) is 0 Å². The van der Waals surface area contributed by atoms with Crippen LogP contribution in [0.2, 0.25) is 0 Å². The number of anilines is 1. The molecule has 0 amide bonds. The SMILES string of the molecule is CN1CCC(C)(Nc2ccc(C#N)cc2)CC1. The van der Waals surface area contributed by atoms with Crippen LogP contribution in [0.5, 0.6) is 0 Å². The summed E-state index contributed by atoms with van der Waals surface area (Å²) in [5.74, 6) is 0. The summed E-state index contributed by atoms with van der Waals surface area (Å²) >= 11 is 0. The minimum absolute atomic E-state index is 0.181. The summed E-state index contributed by atoms with van der Waals surface area (Å²) in [4.78, 5) is 2.36. The first-order valence-electron chi connectivity index (χ1n) is 6.08. The molecule has 1 aromatic carbocycles. The molecular formula is C14H19N3. The molecule has 3 nitrogen and oxygen atoms in total. The van der Waals surface area contributed by atoms with Gasteiger partial charge in [0.25, 0.3) is 0 Å². The number of benzene rings is 1. The smallest absolute Gasteiger partial charge is 0.0991 e. The van der Waals surface area contributed by atoms with Gasteiger partial charge in [0.15, 0.2) is 0 Å². The van der Waals surface area contributed by atoms with Crippen molar-refractivity contribution in [3.05, 3.63) is 29.8 Å². The van der Waals surface area contributed by atoms with E-state index in [-0.39, 0.29) is 5.54 Å². The van der Waals surface area contributed by atoms with Gasteiger partial charge in [0.1, 0.15) is 0 Å². The number of nitrogens with one attached hydrogen (secondary N) is 1. The zero-order chi connectivity index (χ0) is 12.3. The topological polar surface area (TPSA) is 39.1 Å². The third kappa shape index (κ3) is 2.98. The molecule has 0 bridgehead atoms. The molecule has 1 fully saturated rings. The Morgan fingerprint density at radius 3 is 2.35 bits per heavy atom. The van der Waals surface area contributed by atoms with E-state index in [0.29, 0.717) is 5.56 Å². The van der Waals surface area contributed by atoms with E-state index in [1.54, 1.807) is 0 Å². The van der Waals surface area contributed by atoms with Gasteiger partial charge < -0.3 is 10.2 Å². The molecule has 1 N–H and O–H groups in total. The second-order valence-electron chi connectivity index (χ2n) is 5.18. The Morgan fingerprint density at radius 1 is 1.24 bits per heavy atom. The Hall–Kier alpha value is -1.53. The predicted molar refractivity (Wildman–Crippen MR) is 69.9 cm³/mol. The van der Waals surface area contributed by atoms with Gasteiger partial charge in [-0.2, -0.15) is 5.26 Å². The summed E-state index contributed by atoms with van der Waals surface area (Å²) in [6, 6.07) is 9.84. The maximum absolute atomic E-state index is 8.75. The number of nitriles is 1. The number of rotatable bonds is 2.